The first-order valence-corrected chi connectivity index (χ1v) is 13.1. The van der Waals surface area contributed by atoms with Crippen molar-refractivity contribution >= 4 is 38.9 Å². The van der Waals surface area contributed by atoms with Gasteiger partial charge >= 0.3 is 0 Å². The Labute approximate surface area is 191 Å². The number of hydrogen-bond donors (Lipinski definition) is 1. The monoisotopic (exact) mass is 470 g/mol. The van der Waals surface area contributed by atoms with Gasteiger partial charge < -0.3 is 4.90 Å². The van der Waals surface area contributed by atoms with E-state index in [-0.39, 0.29) is 0 Å². The molecule has 0 aliphatic carbocycles. The molecular weight excluding hydrogens is 439 g/mol. The fourth-order valence-electron chi connectivity index (χ4n) is 3.32. The molecule has 2 rings (SSSR count). The smallest absolute Gasteiger partial charge is 0.229 e. The van der Waals surface area contributed by atoms with Gasteiger partial charge in [0.2, 0.25) is 10.0 Å². The molecule has 0 saturated carbocycles. The summed E-state index contributed by atoms with van der Waals surface area (Å²) in [4.78, 5) is 2.53. The average molecular weight is 471 g/mol. The quantitative estimate of drug-likeness (QED) is 0.363. The van der Waals surface area contributed by atoms with Gasteiger partial charge in [-0.05, 0) is 80.6 Å². The minimum atomic E-state index is -3.23. The molecule has 0 amide bonds. The third-order valence-electron chi connectivity index (χ3n) is 4.98. The summed E-state index contributed by atoms with van der Waals surface area (Å²) in [5.74, 6) is 0. The number of aryl methyl sites for hydroxylation is 1. The zero-order valence-electron chi connectivity index (χ0n) is 17.8. The molecule has 30 heavy (non-hydrogen) atoms. The van der Waals surface area contributed by atoms with Crippen LogP contribution in [0.3, 0.4) is 0 Å². The van der Waals surface area contributed by atoms with Gasteiger partial charge in [-0.15, -0.1) is 0 Å². The molecule has 166 valence electrons. The van der Waals surface area contributed by atoms with Crippen molar-refractivity contribution in [2.75, 3.05) is 30.6 Å². The largest absolute Gasteiger partial charge is 0.303 e. The molecular formula is C23H32Cl2N2O2S. The van der Waals surface area contributed by atoms with Crippen LogP contribution in [0, 0.1) is 0 Å². The zero-order chi connectivity index (χ0) is 22.0. The van der Waals surface area contributed by atoms with Crippen LogP contribution in [0.5, 0.6) is 0 Å². The molecule has 0 saturated heterocycles. The van der Waals surface area contributed by atoms with Gasteiger partial charge in [-0.1, -0.05) is 54.7 Å². The Kier molecular flexibility index (Phi) is 10.5. The maximum absolute atomic E-state index is 11.3. The van der Waals surface area contributed by atoms with Crippen LogP contribution in [0.2, 0.25) is 10.0 Å². The first-order chi connectivity index (χ1) is 14.3. The fourth-order valence-corrected chi connectivity index (χ4v) is 4.20. The van der Waals surface area contributed by atoms with Crippen LogP contribution in [0.4, 0.5) is 5.69 Å². The van der Waals surface area contributed by atoms with Crippen LogP contribution in [0.15, 0.2) is 42.5 Å². The van der Waals surface area contributed by atoms with Crippen LogP contribution in [-0.2, 0) is 22.9 Å². The third kappa shape index (κ3) is 9.69. The summed E-state index contributed by atoms with van der Waals surface area (Å²) in [6.07, 6.45) is 7.76. The number of nitrogens with one attached hydrogen (secondary N) is 1. The maximum atomic E-state index is 11.3. The molecule has 1 N–H and O–H groups in total. The van der Waals surface area contributed by atoms with Gasteiger partial charge in [0.05, 0.1) is 16.3 Å². The highest BCUT2D eigenvalue weighted by Gasteiger charge is 2.07. The lowest BCUT2D eigenvalue weighted by Gasteiger charge is -2.22. The first-order valence-electron chi connectivity index (χ1n) is 10.5. The number of sulfonamides is 1. The number of benzene rings is 2. The average Bonchev–Trinajstić information content (AvgIpc) is 2.69. The minimum Gasteiger partial charge on any atom is -0.303 e. The molecule has 0 fully saturated rings. The van der Waals surface area contributed by atoms with Crippen molar-refractivity contribution in [3.63, 3.8) is 0 Å². The summed E-state index contributed by atoms with van der Waals surface area (Å²) in [7, 11) is -3.23. The highest BCUT2D eigenvalue weighted by atomic mass is 35.5. The Bertz CT molecular complexity index is 887. The number of halogens is 2. The van der Waals surface area contributed by atoms with Crippen LogP contribution in [0.1, 0.15) is 43.7 Å². The van der Waals surface area contributed by atoms with Crippen LogP contribution >= 0.6 is 23.2 Å². The third-order valence-corrected chi connectivity index (χ3v) is 6.32. The molecule has 2 aromatic rings. The molecule has 0 aliphatic heterocycles. The van der Waals surface area contributed by atoms with Gasteiger partial charge in [0.1, 0.15) is 0 Å². The van der Waals surface area contributed by atoms with Gasteiger partial charge in [-0.2, -0.15) is 0 Å². The lowest BCUT2D eigenvalue weighted by Crippen LogP contribution is -2.28. The van der Waals surface area contributed by atoms with E-state index in [1.165, 1.54) is 24.0 Å². The lowest BCUT2D eigenvalue weighted by molar-refractivity contribution is 0.267. The van der Waals surface area contributed by atoms with Crippen LogP contribution < -0.4 is 4.72 Å². The molecule has 0 atom stereocenters. The minimum absolute atomic E-state index is 0.600. The predicted octanol–water partition coefficient (Wildman–Crippen LogP) is 6.03. The van der Waals surface area contributed by atoms with Gasteiger partial charge in [0.25, 0.3) is 0 Å². The predicted molar refractivity (Wildman–Crippen MR) is 129 cm³/mol. The van der Waals surface area contributed by atoms with Crippen molar-refractivity contribution < 1.29 is 8.42 Å². The molecule has 0 heterocycles. The molecule has 0 aromatic heterocycles. The second-order valence-corrected chi connectivity index (χ2v) is 10.3. The summed E-state index contributed by atoms with van der Waals surface area (Å²) in [6, 6.07) is 13.5. The van der Waals surface area contributed by atoms with E-state index in [4.69, 9.17) is 23.2 Å². The van der Waals surface area contributed by atoms with Crippen molar-refractivity contribution in [3.8, 4) is 0 Å². The van der Waals surface area contributed by atoms with Crippen molar-refractivity contribution in [2.24, 2.45) is 0 Å². The Morgan fingerprint density at radius 1 is 0.833 bits per heavy atom. The van der Waals surface area contributed by atoms with Gasteiger partial charge in [-0.25, -0.2) is 8.42 Å². The van der Waals surface area contributed by atoms with Crippen molar-refractivity contribution in [1.82, 2.24) is 4.90 Å². The molecule has 0 radical (unpaired) electrons. The second kappa shape index (κ2) is 12.6. The van der Waals surface area contributed by atoms with Crippen LogP contribution in [0.25, 0.3) is 0 Å². The van der Waals surface area contributed by atoms with Crippen molar-refractivity contribution in [2.45, 2.75) is 45.4 Å². The Morgan fingerprint density at radius 3 is 2.13 bits per heavy atom. The van der Waals surface area contributed by atoms with Crippen LogP contribution in [-0.4, -0.2) is 39.2 Å². The standard InChI is InChI=1S/C23H32Cl2N2O2S/c1-3-4-15-27(17-14-20-10-13-22(24)23(25)18-20)16-6-5-7-19-8-11-21(12-9-19)26-30(2,28)29/h8-13,18,26H,3-7,14-17H2,1-2H3. The molecule has 0 unspecified atom stereocenters. The van der Waals surface area contributed by atoms with E-state index in [2.05, 4.69) is 22.6 Å². The number of hydrogen-bond acceptors (Lipinski definition) is 3. The summed E-state index contributed by atoms with van der Waals surface area (Å²) in [6.45, 7) is 5.43. The summed E-state index contributed by atoms with van der Waals surface area (Å²) >= 11 is 12.1. The molecule has 4 nitrogen and oxygen atoms in total. The normalized spacial score (nSPS) is 11.8. The molecule has 0 bridgehead atoms. The van der Waals surface area contributed by atoms with E-state index in [9.17, 15) is 8.42 Å². The topological polar surface area (TPSA) is 49.4 Å². The number of nitrogens with zero attached hydrogens (tertiary/aromatic N) is 1. The highest BCUT2D eigenvalue weighted by molar-refractivity contribution is 7.92. The summed E-state index contributed by atoms with van der Waals surface area (Å²) in [5.41, 5.74) is 3.05. The first kappa shape index (κ1) is 25.0. The summed E-state index contributed by atoms with van der Waals surface area (Å²) < 4.78 is 25.1. The second-order valence-electron chi connectivity index (χ2n) is 7.72. The Morgan fingerprint density at radius 2 is 1.50 bits per heavy atom. The number of anilines is 1. The Hall–Kier alpha value is -1.27. The lowest BCUT2D eigenvalue weighted by atomic mass is 10.1. The fraction of sp³-hybridized carbons (Fsp3) is 0.478. The van der Waals surface area contributed by atoms with E-state index in [1.54, 1.807) is 0 Å². The van der Waals surface area contributed by atoms with Crippen molar-refractivity contribution in [1.29, 1.82) is 0 Å². The van der Waals surface area contributed by atoms with E-state index >= 15 is 0 Å². The molecule has 0 spiro atoms. The maximum Gasteiger partial charge on any atom is 0.229 e. The van der Waals surface area contributed by atoms with Crippen molar-refractivity contribution in [3.05, 3.63) is 63.6 Å². The molecule has 2 aromatic carbocycles. The van der Waals surface area contributed by atoms with Gasteiger partial charge in [0.15, 0.2) is 0 Å². The SMILES string of the molecule is CCCCN(CCCCc1ccc(NS(C)(=O)=O)cc1)CCc1ccc(Cl)c(Cl)c1. The Balaban J connectivity index is 1.77. The van der Waals surface area contributed by atoms with Gasteiger partial charge in [-0.3, -0.25) is 4.72 Å². The number of rotatable bonds is 13. The number of unbranched alkanes of at least 4 members (excludes halogenated alkanes) is 2. The molecule has 7 heteroatoms. The van der Waals surface area contributed by atoms with E-state index in [0.717, 1.165) is 51.6 Å². The highest BCUT2D eigenvalue weighted by Crippen LogP contribution is 2.23. The van der Waals surface area contributed by atoms with Gasteiger partial charge in [0, 0.05) is 12.2 Å². The molecule has 0 aliphatic rings. The van der Waals surface area contributed by atoms with E-state index < -0.39 is 10.0 Å². The van der Waals surface area contributed by atoms with E-state index in [1.807, 2.05) is 36.4 Å². The summed E-state index contributed by atoms with van der Waals surface area (Å²) in [5, 5.41) is 1.22. The zero-order valence-corrected chi connectivity index (χ0v) is 20.2. The van der Waals surface area contributed by atoms with E-state index in [0.29, 0.717) is 15.7 Å².